The predicted octanol–water partition coefficient (Wildman–Crippen LogP) is 5.97. The monoisotopic (exact) mass is 607 g/mol. The number of halogens is 3. The molecule has 40 heavy (non-hydrogen) atoms. The van der Waals surface area contributed by atoms with Crippen molar-refractivity contribution >= 4 is 50.7 Å². The minimum Gasteiger partial charge on any atom is -0.350 e. The molecule has 1 atom stereocenters. The van der Waals surface area contributed by atoms with E-state index in [1.165, 1.54) is 11.0 Å². The maximum Gasteiger partial charge on any atom is 0.264 e. The Morgan fingerprint density at radius 2 is 1.57 bits per heavy atom. The molecule has 7 nitrogen and oxygen atoms in total. The Kier molecular flexibility index (Phi) is 9.87. The molecule has 3 rings (SSSR count). The zero-order chi connectivity index (χ0) is 29.8. The highest BCUT2D eigenvalue weighted by Gasteiger charge is 2.33. The molecule has 0 aliphatic carbocycles. The van der Waals surface area contributed by atoms with Crippen molar-refractivity contribution in [3.63, 3.8) is 0 Å². The lowest BCUT2D eigenvalue weighted by Crippen LogP contribution is -2.54. The first-order chi connectivity index (χ1) is 18.6. The smallest absolute Gasteiger partial charge is 0.264 e. The maximum atomic E-state index is 13.9. The van der Waals surface area contributed by atoms with E-state index in [9.17, 15) is 22.4 Å². The van der Waals surface area contributed by atoms with Gasteiger partial charge in [0.25, 0.3) is 10.0 Å². The number of carbonyl (C=O) groups is 2. The summed E-state index contributed by atoms with van der Waals surface area (Å²) in [7, 11) is -4.30. The van der Waals surface area contributed by atoms with E-state index in [0.29, 0.717) is 15.6 Å². The van der Waals surface area contributed by atoms with Gasteiger partial charge in [-0.1, -0.05) is 47.0 Å². The highest BCUT2D eigenvalue weighted by molar-refractivity contribution is 7.92. The van der Waals surface area contributed by atoms with Gasteiger partial charge in [-0.25, -0.2) is 12.8 Å². The number of anilines is 1. The lowest BCUT2D eigenvalue weighted by molar-refractivity contribution is -0.140. The summed E-state index contributed by atoms with van der Waals surface area (Å²) >= 11 is 12.4. The summed E-state index contributed by atoms with van der Waals surface area (Å²) in [5.74, 6) is -1.66. The number of amides is 2. The molecule has 1 N–H and O–H groups in total. The van der Waals surface area contributed by atoms with Crippen LogP contribution in [0.3, 0.4) is 0 Å². The van der Waals surface area contributed by atoms with Crippen LogP contribution in [0.1, 0.15) is 38.8 Å². The van der Waals surface area contributed by atoms with Gasteiger partial charge in [-0.3, -0.25) is 13.9 Å². The first kappa shape index (κ1) is 31.4. The fraction of sp³-hybridized carbons (Fsp3) is 0.310. The summed E-state index contributed by atoms with van der Waals surface area (Å²) in [6.07, 6.45) is 0. The Morgan fingerprint density at radius 1 is 0.975 bits per heavy atom. The molecular formula is C29H32Cl2FN3O4S. The number of benzene rings is 3. The van der Waals surface area contributed by atoms with E-state index in [2.05, 4.69) is 5.32 Å². The van der Waals surface area contributed by atoms with E-state index in [1.54, 1.807) is 43.3 Å². The lowest BCUT2D eigenvalue weighted by Gasteiger charge is -2.33. The van der Waals surface area contributed by atoms with Gasteiger partial charge in [-0.05, 0) is 88.7 Å². The molecule has 0 bridgehead atoms. The Balaban J connectivity index is 2.05. The van der Waals surface area contributed by atoms with Crippen LogP contribution in [0.25, 0.3) is 0 Å². The Labute approximate surface area is 244 Å². The predicted molar refractivity (Wildman–Crippen MR) is 156 cm³/mol. The average molecular weight is 609 g/mol. The van der Waals surface area contributed by atoms with Crippen LogP contribution in [-0.2, 0) is 26.2 Å². The van der Waals surface area contributed by atoms with Crippen molar-refractivity contribution in [2.24, 2.45) is 0 Å². The van der Waals surface area contributed by atoms with Gasteiger partial charge in [0.2, 0.25) is 11.8 Å². The summed E-state index contributed by atoms with van der Waals surface area (Å²) in [4.78, 5) is 28.2. The molecule has 0 saturated carbocycles. The highest BCUT2D eigenvalue weighted by atomic mass is 35.5. The van der Waals surface area contributed by atoms with Crippen molar-refractivity contribution in [3.05, 3.63) is 93.7 Å². The van der Waals surface area contributed by atoms with Gasteiger partial charge in [0.05, 0.1) is 10.6 Å². The summed E-state index contributed by atoms with van der Waals surface area (Å²) in [5.41, 5.74) is 1.08. The third-order valence-electron chi connectivity index (χ3n) is 6.02. The molecule has 0 spiro atoms. The number of hydrogen-bond donors (Lipinski definition) is 1. The first-order valence-electron chi connectivity index (χ1n) is 12.5. The topological polar surface area (TPSA) is 86.8 Å². The highest BCUT2D eigenvalue weighted by Crippen LogP contribution is 2.27. The van der Waals surface area contributed by atoms with E-state index in [-0.39, 0.29) is 17.1 Å². The molecule has 2 amide bonds. The number of nitrogens with zero attached hydrogens (tertiary/aromatic N) is 2. The Morgan fingerprint density at radius 3 is 2.12 bits per heavy atom. The molecule has 0 fully saturated rings. The van der Waals surface area contributed by atoms with Gasteiger partial charge in [0, 0.05) is 22.1 Å². The first-order valence-corrected chi connectivity index (χ1v) is 14.7. The average Bonchev–Trinajstić information content (AvgIpc) is 2.86. The zero-order valence-electron chi connectivity index (χ0n) is 22.9. The number of aryl methyl sites for hydroxylation is 1. The van der Waals surface area contributed by atoms with Crippen LogP contribution in [0.15, 0.2) is 71.6 Å². The molecule has 11 heteroatoms. The second-order valence-electron chi connectivity index (χ2n) is 10.5. The third kappa shape index (κ3) is 7.96. The van der Waals surface area contributed by atoms with E-state index < -0.39 is 45.8 Å². The van der Waals surface area contributed by atoms with E-state index in [4.69, 9.17) is 23.2 Å². The largest absolute Gasteiger partial charge is 0.350 e. The van der Waals surface area contributed by atoms with Crippen LogP contribution in [-0.4, -0.2) is 43.3 Å². The Hall–Kier alpha value is -3.14. The minimum absolute atomic E-state index is 0.0775. The number of nitrogens with one attached hydrogen (secondary N) is 1. The molecule has 0 radical (unpaired) electrons. The third-order valence-corrected chi connectivity index (χ3v) is 8.40. The normalized spacial score (nSPS) is 12.5. The number of hydrogen-bond acceptors (Lipinski definition) is 4. The summed E-state index contributed by atoms with van der Waals surface area (Å²) in [6.45, 7) is 8.15. The fourth-order valence-electron chi connectivity index (χ4n) is 3.86. The number of rotatable bonds is 9. The maximum absolute atomic E-state index is 13.9. The second-order valence-corrected chi connectivity index (χ2v) is 13.2. The van der Waals surface area contributed by atoms with Gasteiger partial charge >= 0.3 is 0 Å². The molecular weight excluding hydrogens is 576 g/mol. The molecule has 0 aliphatic heterocycles. The van der Waals surface area contributed by atoms with Crippen molar-refractivity contribution in [3.8, 4) is 0 Å². The van der Waals surface area contributed by atoms with Crippen LogP contribution in [0.5, 0.6) is 0 Å². The fourth-order valence-corrected chi connectivity index (χ4v) is 5.75. The summed E-state index contributed by atoms with van der Waals surface area (Å²) in [5, 5.41) is 3.56. The van der Waals surface area contributed by atoms with Crippen LogP contribution < -0.4 is 9.62 Å². The molecule has 3 aromatic rings. The number of carbonyl (C=O) groups excluding carboxylic acids is 2. The summed E-state index contributed by atoms with van der Waals surface area (Å²) in [6, 6.07) is 14.8. The quantitative estimate of drug-likeness (QED) is 0.325. The van der Waals surface area contributed by atoms with Crippen molar-refractivity contribution < 1.29 is 22.4 Å². The molecule has 0 saturated heterocycles. The second kappa shape index (κ2) is 12.6. The van der Waals surface area contributed by atoms with Gasteiger partial charge in [-0.15, -0.1) is 0 Å². The molecule has 0 aliphatic rings. The van der Waals surface area contributed by atoms with Crippen molar-refractivity contribution in [1.29, 1.82) is 0 Å². The van der Waals surface area contributed by atoms with Gasteiger partial charge in [0.15, 0.2) is 0 Å². The van der Waals surface area contributed by atoms with Gasteiger partial charge in [-0.2, -0.15) is 0 Å². The van der Waals surface area contributed by atoms with Crippen molar-refractivity contribution in [1.82, 2.24) is 10.2 Å². The van der Waals surface area contributed by atoms with Crippen molar-refractivity contribution in [2.45, 2.75) is 57.6 Å². The van der Waals surface area contributed by atoms with Crippen LogP contribution in [0, 0.1) is 12.7 Å². The Bertz CT molecular complexity index is 1470. The van der Waals surface area contributed by atoms with Crippen LogP contribution in [0.2, 0.25) is 10.0 Å². The van der Waals surface area contributed by atoms with E-state index in [0.717, 1.165) is 34.1 Å². The zero-order valence-corrected chi connectivity index (χ0v) is 25.2. The van der Waals surface area contributed by atoms with E-state index >= 15 is 0 Å². The van der Waals surface area contributed by atoms with Crippen LogP contribution >= 0.6 is 23.2 Å². The van der Waals surface area contributed by atoms with Gasteiger partial charge < -0.3 is 10.2 Å². The van der Waals surface area contributed by atoms with Gasteiger partial charge in [0.1, 0.15) is 18.4 Å². The molecule has 0 aromatic heterocycles. The molecule has 3 aromatic carbocycles. The molecule has 0 unspecified atom stereocenters. The van der Waals surface area contributed by atoms with Crippen LogP contribution in [0.4, 0.5) is 10.1 Å². The SMILES string of the molecule is Cc1ccc(N(CC(=O)N(Cc2ccc(Cl)cc2Cl)[C@H](C)C(=O)NC(C)(C)C)S(=O)(=O)c2ccc(F)cc2)cc1. The van der Waals surface area contributed by atoms with E-state index in [1.807, 2.05) is 27.7 Å². The standard InChI is InChI=1S/C29H32Cl2FN3O4S/c1-19-6-12-24(13-7-19)35(40(38,39)25-14-10-23(32)11-15-25)18-27(36)34(20(2)28(37)33-29(3,4)5)17-21-8-9-22(30)16-26(21)31/h6-16,20H,17-18H2,1-5H3,(H,33,37)/t20-/m1/s1. The number of sulfonamides is 1. The summed E-state index contributed by atoms with van der Waals surface area (Å²) < 4.78 is 42.0. The minimum atomic E-state index is -4.30. The lowest BCUT2D eigenvalue weighted by atomic mass is 10.1. The van der Waals surface area contributed by atoms with Crippen molar-refractivity contribution in [2.75, 3.05) is 10.8 Å². The molecule has 214 valence electrons. The molecule has 0 heterocycles.